The second-order valence-electron chi connectivity index (χ2n) is 11.9. The molecule has 12 nitrogen and oxygen atoms in total. The summed E-state index contributed by atoms with van der Waals surface area (Å²) in [5, 5.41) is 14.9. The van der Waals surface area contributed by atoms with Gasteiger partial charge in [0.2, 0.25) is 11.8 Å². The molecule has 1 saturated carbocycles. The summed E-state index contributed by atoms with van der Waals surface area (Å²) in [6.07, 6.45) is 2.02. The van der Waals surface area contributed by atoms with E-state index >= 15 is 4.39 Å². The molecule has 1 aromatic heterocycles. The van der Waals surface area contributed by atoms with E-state index in [4.69, 9.17) is 19.3 Å². The maximum atomic E-state index is 15.3. The van der Waals surface area contributed by atoms with Crippen LogP contribution in [0.2, 0.25) is 0 Å². The molecule has 256 valence electrons. The van der Waals surface area contributed by atoms with Crippen LogP contribution in [0, 0.1) is 17.0 Å². The number of amides is 3. The number of nitrogens with one attached hydrogen (secondary N) is 2. The summed E-state index contributed by atoms with van der Waals surface area (Å²) < 4.78 is 46.0. The Balaban J connectivity index is 1.07. The van der Waals surface area contributed by atoms with Crippen molar-refractivity contribution in [3.63, 3.8) is 0 Å². The monoisotopic (exact) mass is 675 g/mol. The van der Waals surface area contributed by atoms with E-state index in [9.17, 15) is 18.8 Å². The molecule has 0 radical (unpaired) electrons. The zero-order chi connectivity index (χ0) is 34.5. The van der Waals surface area contributed by atoms with Crippen LogP contribution >= 0.6 is 0 Å². The van der Waals surface area contributed by atoms with Gasteiger partial charge in [-0.2, -0.15) is 0 Å². The molecule has 49 heavy (non-hydrogen) atoms. The fourth-order valence-electron chi connectivity index (χ4n) is 5.62. The van der Waals surface area contributed by atoms with Crippen LogP contribution in [0.3, 0.4) is 0 Å². The number of halogens is 2. The molecule has 1 aliphatic carbocycles. The van der Waals surface area contributed by atoms with Crippen LogP contribution < -0.4 is 24.8 Å². The first-order chi connectivity index (χ1) is 23.6. The molecular formula is C35H35F2N5O7. The highest BCUT2D eigenvalue weighted by Gasteiger charge is 2.56. The van der Waals surface area contributed by atoms with E-state index in [0.29, 0.717) is 79.5 Å². The Morgan fingerprint density at radius 3 is 2.20 bits per heavy atom. The molecule has 3 amide bonds. The second kappa shape index (κ2) is 14.3. The highest BCUT2D eigenvalue weighted by Crippen LogP contribution is 2.47. The number of anilines is 2. The summed E-state index contributed by atoms with van der Waals surface area (Å²) >= 11 is 0. The van der Waals surface area contributed by atoms with Crippen LogP contribution in [-0.2, 0) is 9.59 Å². The van der Waals surface area contributed by atoms with Gasteiger partial charge in [0, 0.05) is 67.8 Å². The van der Waals surface area contributed by atoms with Crippen LogP contribution in [0.25, 0.3) is 10.9 Å². The standard InChI is InChI=1S/C35H35F2N5O7/c1-47-30-20-25-27(21-31(30)48-18-2-13-41-14-16-42(17-15-41)34(45)46)38-12-9-28(25)49-29-8-7-24(19-26(29)37)40-33(44)35(10-11-35)32(43)39-23-5-3-22(36)4-6-23/h3-9,12,19-21H,2,10-11,13-18H2,1H3,(H,39,43)(H,40,44)(H,45,46). The Morgan fingerprint density at radius 2 is 1.55 bits per heavy atom. The lowest BCUT2D eigenvalue weighted by atomic mass is 10.0. The summed E-state index contributed by atoms with van der Waals surface area (Å²) in [4.78, 5) is 45.1. The summed E-state index contributed by atoms with van der Waals surface area (Å²) in [5.41, 5.74) is -0.237. The van der Waals surface area contributed by atoms with E-state index in [0.717, 1.165) is 19.0 Å². The van der Waals surface area contributed by atoms with Crippen LogP contribution in [0.1, 0.15) is 19.3 Å². The summed E-state index contributed by atoms with van der Waals surface area (Å²) in [6, 6.07) is 14.2. The first-order valence-electron chi connectivity index (χ1n) is 15.8. The molecule has 3 N–H and O–H groups in total. The van der Waals surface area contributed by atoms with Gasteiger partial charge in [-0.15, -0.1) is 0 Å². The number of hydrogen-bond acceptors (Lipinski definition) is 8. The van der Waals surface area contributed by atoms with Crippen molar-refractivity contribution in [1.82, 2.24) is 14.8 Å². The van der Waals surface area contributed by atoms with Crippen molar-refractivity contribution in [2.24, 2.45) is 5.41 Å². The Bertz CT molecular complexity index is 1860. The van der Waals surface area contributed by atoms with E-state index in [1.165, 1.54) is 54.6 Å². The van der Waals surface area contributed by atoms with Crippen molar-refractivity contribution in [3.8, 4) is 23.0 Å². The smallest absolute Gasteiger partial charge is 0.407 e. The maximum Gasteiger partial charge on any atom is 0.407 e. The molecule has 0 bridgehead atoms. The first-order valence-corrected chi connectivity index (χ1v) is 15.8. The Morgan fingerprint density at radius 1 is 0.857 bits per heavy atom. The van der Waals surface area contributed by atoms with Crippen LogP contribution in [-0.4, -0.2) is 84.2 Å². The number of nitrogens with zero attached hydrogens (tertiary/aromatic N) is 3. The number of fused-ring (bicyclic) bond motifs is 1. The molecule has 2 fully saturated rings. The molecule has 6 rings (SSSR count). The van der Waals surface area contributed by atoms with Gasteiger partial charge < -0.3 is 34.9 Å². The van der Waals surface area contributed by atoms with Crippen molar-refractivity contribution < 1.29 is 42.5 Å². The number of hydrogen-bond donors (Lipinski definition) is 3. The number of rotatable bonds is 12. The quantitative estimate of drug-likeness (QED) is 0.127. The summed E-state index contributed by atoms with van der Waals surface area (Å²) in [6.45, 7) is 3.49. The third-order valence-corrected chi connectivity index (χ3v) is 8.64. The zero-order valence-electron chi connectivity index (χ0n) is 26.7. The molecular weight excluding hydrogens is 640 g/mol. The SMILES string of the molecule is COc1cc2c(Oc3ccc(NC(=O)C4(C(=O)Nc5ccc(F)cc5)CC4)cc3F)ccnc2cc1OCCCN1CCN(C(=O)O)CC1. The topological polar surface area (TPSA) is 143 Å². The van der Waals surface area contributed by atoms with Crippen molar-refractivity contribution in [2.45, 2.75) is 19.3 Å². The van der Waals surface area contributed by atoms with Crippen LogP contribution in [0.5, 0.6) is 23.0 Å². The van der Waals surface area contributed by atoms with E-state index in [1.54, 1.807) is 18.2 Å². The number of pyridine rings is 1. The van der Waals surface area contributed by atoms with Gasteiger partial charge in [0.05, 0.1) is 19.2 Å². The van der Waals surface area contributed by atoms with Crippen LogP contribution in [0.15, 0.2) is 66.9 Å². The van der Waals surface area contributed by atoms with E-state index in [1.807, 2.05) is 0 Å². The van der Waals surface area contributed by atoms with Gasteiger partial charge in [0.15, 0.2) is 23.1 Å². The Hall–Kier alpha value is -5.50. The molecule has 14 heteroatoms. The highest BCUT2D eigenvalue weighted by molar-refractivity contribution is 6.16. The predicted molar refractivity (Wildman–Crippen MR) is 176 cm³/mol. The van der Waals surface area contributed by atoms with Gasteiger partial charge in [-0.3, -0.25) is 19.5 Å². The van der Waals surface area contributed by atoms with Crippen molar-refractivity contribution in [3.05, 3.63) is 78.5 Å². The lowest BCUT2D eigenvalue weighted by molar-refractivity contribution is -0.131. The molecule has 2 aliphatic rings. The van der Waals surface area contributed by atoms with Crippen LogP contribution in [0.4, 0.5) is 25.0 Å². The first kappa shape index (κ1) is 33.4. The lowest BCUT2D eigenvalue weighted by Crippen LogP contribution is -2.48. The average Bonchev–Trinajstić information content (AvgIpc) is 3.91. The van der Waals surface area contributed by atoms with E-state index in [-0.39, 0.29) is 11.4 Å². The van der Waals surface area contributed by atoms with E-state index < -0.39 is 35.0 Å². The highest BCUT2D eigenvalue weighted by atomic mass is 19.1. The molecule has 4 aromatic rings. The van der Waals surface area contributed by atoms with Gasteiger partial charge in [-0.1, -0.05) is 0 Å². The minimum atomic E-state index is -1.29. The van der Waals surface area contributed by atoms with Crippen molar-refractivity contribution >= 4 is 40.2 Å². The van der Waals surface area contributed by atoms with Gasteiger partial charge in [0.25, 0.3) is 0 Å². The van der Waals surface area contributed by atoms with Gasteiger partial charge in [0.1, 0.15) is 17.0 Å². The largest absolute Gasteiger partial charge is 0.493 e. The molecule has 3 aromatic carbocycles. The summed E-state index contributed by atoms with van der Waals surface area (Å²) in [7, 11) is 1.51. The third kappa shape index (κ3) is 7.64. The van der Waals surface area contributed by atoms with Crippen molar-refractivity contribution in [1.29, 1.82) is 0 Å². The Labute approximate surface area is 280 Å². The minimum Gasteiger partial charge on any atom is -0.493 e. The minimum absolute atomic E-state index is 0.0934. The van der Waals surface area contributed by atoms with Gasteiger partial charge in [-0.05, 0) is 67.8 Å². The molecule has 0 atom stereocenters. The zero-order valence-corrected chi connectivity index (χ0v) is 26.7. The molecule has 0 unspecified atom stereocenters. The number of carboxylic acid groups (broad SMARTS) is 1. The number of benzene rings is 3. The molecule has 0 spiro atoms. The van der Waals surface area contributed by atoms with Crippen molar-refractivity contribution in [2.75, 3.05) is 57.1 Å². The third-order valence-electron chi connectivity index (χ3n) is 8.64. The number of aromatic nitrogens is 1. The van der Waals surface area contributed by atoms with Gasteiger partial charge >= 0.3 is 6.09 Å². The average molecular weight is 676 g/mol. The normalized spacial score (nSPS) is 15.4. The Kier molecular flexibility index (Phi) is 9.76. The second-order valence-corrected chi connectivity index (χ2v) is 11.9. The number of methoxy groups -OCH3 is 1. The molecule has 2 heterocycles. The number of ether oxygens (including phenoxy) is 3. The van der Waals surface area contributed by atoms with E-state index in [2.05, 4.69) is 20.5 Å². The maximum absolute atomic E-state index is 15.3. The summed E-state index contributed by atoms with van der Waals surface area (Å²) in [5.74, 6) is -1.11. The molecule has 1 aliphatic heterocycles. The van der Waals surface area contributed by atoms with Gasteiger partial charge in [-0.25, -0.2) is 13.6 Å². The fraction of sp³-hybridized carbons (Fsp3) is 0.314. The number of carbonyl (C=O) groups is 3. The number of carbonyl (C=O) groups excluding carboxylic acids is 2. The fourth-order valence-corrected chi connectivity index (χ4v) is 5.62. The number of piperazine rings is 1. The lowest BCUT2D eigenvalue weighted by Gasteiger charge is -2.32. The predicted octanol–water partition coefficient (Wildman–Crippen LogP) is 5.74. The molecule has 1 saturated heterocycles.